The zero-order chi connectivity index (χ0) is 19.6. The van der Waals surface area contributed by atoms with Gasteiger partial charge < -0.3 is 15.1 Å². The molecular weight excluding hydrogens is 349 g/mol. The van der Waals surface area contributed by atoms with E-state index >= 15 is 0 Å². The minimum Gasteiger partial charge on any atom is -0.481 e. The average molecular weight is 377 g/mol. The van der Waals surface area contributed by atoms with E-state index in [9.17, 15) is 19.1 Å². The highest BCUT2D eigenvalue weighted by Gasteiger charge is 2.29. The molecule has 148 valence electrons. The van der Waals surface area contributed by atoms with Gasteiger partial charge in [0, 0.05) is 19.4 Å². The van der Waals surface area contributed by atoms with E-state index in [0.717, 1.165) is 19.3 Å². The van der Waals surface area contributed by atoms with Gasteiger partial charge in [-0.25, -0.2) is 4.39 Å². The van der Waals surface area contributed by atoms with Crippen molar-refractivity contribution in [3.8, 4) is 0 Å². The van der Waals surface area contributed by atoms with Crippen LogP contribution in [0.15, 0.2) is 42.5 Å². The third kappa shape index (κ3) is 6.79. The van der Waals surface area contributed by atoms with Gasteiger partial charge in [0.15, 0.2) is 6.17 Å². The van der Waals surface area contributed by atoms with E-state index in [0.29, 0.717) is 31.4 Å². The number of aliphatic carboxylic acids is 1. The fourth-order valence-electron chi connectivity index (χ4n) is 3.33. The molecule has 1 heterocycles. The van der Waals surface area contributed by atoms with Crippen LogP contribution in [0.3, 0.4) is 0 Å². The fourth-order valence-corrected chi connectivity index (χ4v) is 3.33. The van der Waals surface area contributed by atoms with Gasteiger partial charge in [-0.1, -0.05) is 55.3 Å². The van der Waals surface area contributed by atoms with Gasteiger partial charge in [-0.05, 0) is 24.8 Å². The molecule has 1 aromatic rings. The second-order valence-corrected chi connectivity index (χ2v) is 6.94. The van der Waals surface area contributed by atoms with Crippen LogP contribution in [-0.4, -0.2) is 45.7 Å². The summed E-state index contributed by atoms with van der Waals surface area (Å²) in [6.45, 7) is 0.606. The standard InChI is InChI=1S/C21H28FNO4/c22-21(16-8-4-3-5-9-16)18(24)13-11-17-12-14-19(25)23(17)15-7-2-1-6-10-20(26)27/h3-5,8-9,11,13,17-18,21,24H,1-2,6-7,10,12,14-15H2,(H,26,27)/b13-11+/t17-,18+,21?/m0/s1. The molecule has 1 aliphatic rings. The number of carbonyl (C=O) groups excluding carboxylic acids is 1. The molecule has 0 saturated carbocycles. The number of unbranched alkanes of at least 4 members (excludes halogenated alkanes) is 3. The summed E-state index contributed by atoms with van der Waals surface area (Å²) in [7, 11) is 0. The van der Waals surface area contributed by atoms with E-state index in [1.54, 1.807) is 41.3 Å². The summed E-state index contributed by atoms with van der Waals surface area (Å²) in [5.74, 6) is -0.709. The van der Waals surface area contributed by atoms with Crippen molar-refractivity contribution in [2.24, 2.45) is 0 Å². The monoisotopic (exact) mass is 377 g/mol. The summed E-state index contributed by atoms with van der Waals surface area (Å²) in [6, 6.07) is 8.41. The number of benzene rings is 1. The number of alkyl halides is 1. The maximum absolute atomic E-state index is 14.3. The Labute approximate surface area is 159 Å². The summed E-state index contributed by atoms with van der Waals surface area (Å²) in [4.78, 5) is 24.3. The van der Waals surface area contributed by atoms with E-state index in [2.05, 4.69) is 0 Å². The lowest BCUT2D eigenvalue weighted by molar-refractivity contribution is -0.137. The highest BCUT2D eigenvalue weighted by molar-refractivity contribution is 5.79. The quantitative estimate of drug-likeness (QED) is 0.456. The first kappa shape index (κ1) is 21.1. The molecule has 1 amide bonds. The topological polar surface area (TPSA) is 77.8 Å². The van der Waals surface area contributed by atoms with Crippen LogP contribution in [0.4, 0.5) is 4.39 Å². The van der Waals surface area contributed by atoms with Crippen molar-refractivity contribution >= 4 is 11.9 Å². The molecule has 1 aromatic carbocycles. The lowest BCUT2D eigenvalue weighted by atomic mass is 10.0. The number of carboxylic acids is 1. The first-order valence-corrected chi connectivity index (χ1v) is 9.55. The smallest absolute Gasteiger partial charge is 0.303 e. The molecule has 1 aliphatic heterocycles. The van der Waals surface area contributed by atoms with Crippen molar-refractivity contribution in [1.82, 2.24) is 4.90 Å². The summed E-state index contributed by atoms with van der Waals surface area (Å²) in [6.07, 6.45) is 4.90. The summed E-state index contributed by atoms with van der Waals surface area (Å²) in [5.41, 5.74) is 0.426. The van der Waals surface area contributed by atoms with E-state index in [4.69, 9.17) is 5.11 Å². The number of carbonyl (C=O) groups is 2. The molecule has 1 fully saturated rings. The molecule has 6 heteroatoms. The van der Waals surface area contributed by atoms with Crippen molar-refractivity contribution in [3.05, 3.63) is 48.0 Å². The average Bonchev–Trinajstić information content (AvgIpc) is 3.02. The van der Waals surface area contributed by atoms with Crippen molar-refractivity contribution in [3.63, 3.8) is 0 Å². The zero-order valence-corrected chi connectivity index (χ0v) is 15.5. The molecule has 5 nitrogen and oxygen atoms in total. The third-order valence-electron chi connectivity index (χ3n) is 4.86. The van der Waals surface area contributed by atoms with E-state index < -0.39 is 18.2 Å². The Hall–Kier alpha value is -2.21. The number of aliphatic hydroxyl groups excluding tert-OH is 1. The first-order chi connectivity index (χ1) is 13.0. The molecule has 3 atom stereocenters. The van der Waals surface area contributed by atoms with Gasteiger partial charge in [0.2, 0.25) is 5.91 Å². The van der Waals surface area contributed by atoms with Gasteiger partial charge in [0.25, 0.3) is 0 Å². The SMILES string of the molecule is O=C(O)CCCCCCN1C(=O)CC[C@@H]1/C=C/[C@@H](O)C(F)c1ccccc1. The van der Waals surface area contributed by atoms with Crippen LogP contribution in [0.5, 0.6) is 0 Å². The number of carboxylic acid groups (broad SMARTS) is 1. The van der Waals surface area contributed by atoms with Gasteiger partial charge in [0.1, 0.15) is 6.10 Å². The Morgan fingerprint density at radius 1 is 1.22 bits per heavy atom. The second kappa shape index (κ2) is 10.8. The minimum atomic E-state index is -1.50. The van der Waals surface area contributed by atoms with Gasteiger partial charge in [-0.3, -0.25) is 9.59 Å². The van der Waals surface area contributed by atoms with Crippen LogP contribution in [0.25, 0.3) is 0 Å². The number of hydrogen-bond donors (Lipinski definition) is 2. The fraction of sp³-hybridized carbons (Fsp3) is 0.524. The number of likely N-dealkylation sites (tertiary alicyclic amines) is 1. The molecule has 1 unspecified atom stereocenters. The lowest BCUT2D eigenvalue weighted by Crippen LogP contribution is -2.33. The van der Waals surface area contributed by atoms with Crippen LogP contribution in [0.1, 0.15) is 56.7 Å². The zero-order valence-electron chi connectivity index (χ0n) is 15.5. The molecule has 27 heavy (non-hydrogen) atoms. The van der Waals surface area contributed by atoms with Crippen LogP contribution in [-0.2, 0) is 9.59 Å². The molecule has 0 spiro atoms. The first-order valence-electron chi connectivity index (χ1n) is 9.55. The van der Waals surface area contributed by atoms with Crippen LogP contribution < -0.4 is 0 Å². The van der Waals surface area contributed by atoms with E-state index in [1.165, 1.54) is 6.08 Å². The van der Waals surface area contributed by atoms with Crippen molar-refractivity contribution in [1.29, 1.82) is 0 Å². The number of halogens is 1. The summed E-state index contributed by atoms with van der Waals surface area (Å²) >= 11 is 0. The van der Waals surface area contributed by atoms with Gasteiger partial charge in [0.05, 0.1) is 6.04 Å². The van der Waals surface area contributed by atoms with Crippen LogP contribution in [0.2, 0.25) is 0 Å². The van der Waals surface area contributed by atoms with E-state index in [-0.39, 0.29) is 18.4 Å². The molecule has 2 N–H and O–H groups in total. The van der Waals surface area contributed by atoms with E-state index in [1.807, 2.05) is 0 Å². The number of nitrogens with zero attached hydrogens (tertiary/aromatic N) is 1. The van der Waals surface area contributed by atoms with Gasteiger partial charge >= 0.3 is 5.97 Å². The van der Waals surface area contributed by atoms with Crippen molar-refractivity contribution in [2.75, 3.05) is 6.54 Å². The largest absolute Gasteiger partial charge is 0.481 e. The Kier molecular flexibility index (Phi) is 8.45. The Bertz CT molecular complexity index is 634. The molecule has 0 radical (unpaired) electrons. The number of aliphatic hydroxyl groups is 1. The molecule has 0 aromatic heterocycles. The number of amides is 1. The Balaban J connectivity index is 1.80. The molecule has 2 rings (SSSR count). The summed E-state index contributed by atoms with van der Waals surface area (Å²) in [5, 5.41) is 18.7. The lowest BCUT2D eigenvalue weighted by Gasteiger charge is -2.23. The number of hydrogen-bond acceptors (Lipinski definition) is 3. The Morgan fingerprint density at radius 2 is 1.93 bits per heavy atom. The Morgan fingerprint density at radius 3 is 2.63 bits per heavy atom. The predicted octanol–water partition coefficient (Wildman–Crippen LogP) is 3.64. The van der Waals surface area contributed by atoms with Crippen LogP contribution in [0, 0.1) is 0 Å². The van der Waals surface area contributed by atoms with Gasteiger partial charge in [-0.15, -0.1) is 0 Å². The maximum Gasteiger partial charge on any atom is 0.303 e. The minimum absolute atomic E-state index is 0.0736. The highest BCUT2D eigenvalue weighted by Crippen LogP contribution is 2.24. The van der Waals surface area contributed by atoms with Crippen molar-refractivity contribution in [2.45, 2.75) is 63.3 Å². The summed E-state index contributed by atoms with van der Waals surface area (Å²) < 4.78 is 14.3. The highest BCUT2D eigenvalue weighted by atomic mass is 19.1. The molecule has 1 saturated heterocycles. The van der Waals surface area contributed by atoms with Crippen LogP contribution >= 0.6 is 0 Å². The normalized spacial score (nSPS) is 19.6. The van der Waals surface area contributed by atoms with Crippen molar-refractivity contribution < 1.29 is 24.2 Å². The molecular formula is C21H28FNO4. The maximum atomic E-state index is 14.3. The van der Waals surface area contributed by atoms with Gasteiger partial charge in [-0.2, -0.15) is 0 Å². The number of rotatable bonds is 11. The predicted molar refractivity (Wildman–Crippen MR) is 101 cm³/mol. The second-order valence-electron chi connectivity index (χ2n) is 6.94. The molecule has 0 bridgehead atoms. The molecule has 0 aliphatic carbocycles. The third-order valence-corrected chi connectivity index (χ3v) is 4.86.